The Bertz CT molecular complexity index is 1090. The van der Waals surface area contributed by atoms with Crippen molar-refractivity contribution in [1.29, 1.82) is 0 Å². The van der Waals surface area contributed by atoms with Crippen LogP contribution in [0, 0.1) is 5.41 Å². The van der Waals surface area contributed by atoms with Gasteiger partial charge in [0.15, 0.2) is 0 Å². The fourth-order valence-electron chi connectivity index (χ4n) is 4.32. The number of carbonyl (C=O) groups excluding carboxylic acids is 2. The third kappa shape index (κ3) is 4.69. The second-order valence-corrected chi connectivity index (χ2v) is 8.72. The summed E-state index contributed by atoms with van der Waals surface area (Å²) in [7, 11) is 0. The molecule has 2 aromatic carbocycles. The number of amides is 2. The number of hydrogen-bond acceptors (Lipinski definition) is 4. The summed E-state index contributed by atoms with van der Waals surface area (Å²) in [5.41, 5.74) is 2.96. The van der Waals surface area contributed by atoms with Crippen LogP contribution in [0.1, 0.15) is 36.3 Å². The van der Waals surface area contributed by atoms with E-state index in [-0.39, 0.29) is 17.9 Å². The molecule has 1 aliphatic heterocycles. The molecule has 1 aromatic heterocycles. The monoisotopic (exact) mass is 428 g/mol. The molecule has 2 amide bonds. The van der Waals surface area contributed by atoms with Crippen LogP contribution in [0.3, 0.4) is 0 Å². The Labute approximate surface area is 188 Å². The summed E-state index contributed by atoms with van der Waals surface area (Å²) in [6, 6.07) is 18.5. The molecule has 0 bridgehead atoms. The number of aromatic nitrogens is 2. The van der Waals surface area contributed by atoms with Crippen LogP contribution < -0.4 is 5.32 Å². The van der Waals surface area contributed by atoms with Crippen molar-refractivity contribution in [2.75, 3.05) is 13.1 Å². The number of rotatable bonds is 6. The van der Waals surface area contributed by atoms with Gasteiger partial charge in [-0.05, 0) is 43.4 Å². The van der Waals surface area contributed by atoms with E-state index in [0.717, 1.165) is 16.7 Å². The highest BCUT2D eigenvalue weighted by molar-refractivity contribution is 5.93. The molecule has 1 saturated heterocycles. The van der Waals surface area contributed by atoms with E-state index in [1.807, 2.05) is 38.1 Å². The average Bonchev–Trinajstić information content (AvgIpc) is 3.25. The second-order valence-electron chi connectivity index (χ2n) is 8.72. The molecule has 0 saturated carbocycles. The van der Waals surface area contributed by atoms with Gasteiger partial charge in [0.2, 0.25) is 5.91 Å². The SMILES string of the molecule is CC(C)NC(=O)[C@@]1(Cc2cccc(-c3ccccc3)c2)CCN(C(=O)c2cnccn2)C1. The van der Waals surface area contributed by atoms with Crippen molar-refractivity contribution in [3.8, 4) is 11.1 Å². The summed E-state index contributed by atoms with van der Waals surface area (Å²) in [4.78, 5) is 36.2. The zero-order valence-electron chi connectivity index (χ0n) is 18.5. The van der Waals surface area contributed by atoms with E-state index in [9.17, 15) is 9.59 Å². The van der Waals surface area contributed by atoms with E-state index in [4.69, 9.17) is 0 Å². The molecule has 1 atom stereocenters. The molecule has 6 heteroatoms. The van der Waals surface area contributed by atoms with Crippen molar-refractivity contribution in [3.05, 3.63) is 84.4 Å². The van der Waals surface area contributed by atoms with Gasteiger partial charge in [0, 0.05) is 31.5 Å². The van der Waals surface area contributed by atoms with Crippen LogP contribution in [0.15, 0.2) is 73.2 Å². The van der Waals surface area contributed by atoms with Crippen molar-refractivity contribution >= 4 is 11.8 Å². The van der Waals surface area contributed by atoms with E-state index in [1.54, 1.807) is 11.1 Å². The standard InChI is InChI=1S/C26H28N4O2/c1-19(2)29-25(32)26(11-14-30(18-26)24(31)23-17-27-12-13-28-23)16-20-7-6-10-22(15-20)21-8-4-3-5-9-21/h3-10,12-13,15,17,19H,11,14,16,18H2,1-2H3,(H,29,32)/t26-/m1/s1. The minimum Gasteiger partial charge on any atom is -0.353 e. The molecule has 0 radical (unpaired) electrons. The summed E-state index contributed by atoms with van der Waals surface area (Å²) < 4.78 is 0. The smallest absolute Gasteiger partial charge is 0.274 e. The Hall–Kier alpha value is -3.54. The first-order valence-corrected chi connectivity index (χ1v) is 11.0. The predicted octanol–water partition coefficient (Wildman–Crippen LogP) is 3.74. The number of nitrogens with zero attached hydrogens (tertiary/aromatic N) is 3. The van der Waals surface area contributed by atoms with Gasteiger partial charge >= 0.3 is 0 Å². The molecule has 0 spiro atoms. The van der Waals surface area contributed by atoms with Gasteiger partial charge in [0.05, 0.1) is 11.6 Å². The number of benzene rings is 2. The first kappa shape index (κ1) is 21.7. The topological polar surface area (TPSA) is 75.2 Å². The van der Waals surface area contributed by atoms with Gasteiger partial charge in [-0.2, -0.15) is 0 Å². The van der Waals surface area contributed by atoms with Crippen molar-refractivity contribution in [2.45, 2.75) is 32.7 Å². The van der Waals surface area contributed by atoms with E-state index >= 15 is 0 Å². The molecular formula is C26H28N4O2. The molecule has 4 rings (SSSR count). The van der Waals surface area contributed by atoms with E-state index in [1.165, 1.54) is 12.4 Å². The highest BCUT2D eigenvalue weighted by atomic mass is 16.2. The second kappa shape index (κ2) is 9.30. The van der Waals surface area contributed by atoms with Crippen molar-refractivity contribution < 1.29 is 9.59 Å². The Kier molecular flexibility index (Phi) is 6.30. The summed E-state index contributed by atoms with van der Waals surface area (Å²) in [5, 5.41) is 3.09. The van der Waals surface area contributed by atoms with Crippen LogP contribution in [0.5, 0.6) is 0 Å². The molecule has 6 nitrogen and oxygen atoms in total. The van der Waals surface area contributed by atoms with E-state index in [0.29, 0.717) is 31.6 Å². The zero-order chi connectivity index (χ0) is 22.6. The highest BCUT2D eigenvalue weighted by Crippen LogP contribution is 2.36. The maximum Gasteiger partial charge on any atom is 0.274 e. The van der Waals surface area contributed by atoms with Gasteiger partial charge < -0.3 is 10.2 Å². The fraction of sp³-hybridized carbons (Fsp3) is 0.308. The van der Waals surface area contributed by atoms with Crippen molar-refractivity contribution in [2.24, 2.45) is 5.41 Å². The highest BCUT2D eigenvalue weighted by Gasteiger charge is 2.46. The molecule has 2 heterocycles. The van der Waals surface area contributed by atoms with Crippen LogP contribution in [0.4, 0.5) is 0 Å². The van der Waals surface area contributed by atoms with Gasteiger partial charge in [-0.25, -0.2) is 4.98 Å². The molecular weight excluding hydrogens is 400 g/mol. The van der Waals surface area contributed by atoms with Gasteiger partial charge in [-0.15, -0.1) is 0 Å². The van der Waals surface area contributed by atoms with E-state index < -0.39 is 5.41 Å². The first-order chi connectivity index (χ1) is 15.5. The molecule has 164 valence electrons. The lowest BCUT2D eigenvalue weighted by atomic mass is 9.79. The summed E-state index contributed by atoms with van der Waals surface area (Å²) in [6.07, 6.45) is 5.70. The predicted molar refractivity (Wildman–Crippen MR) is 124 cm³/mol. The Morgan fingerprint density at radius 1 is 1.06 bits per heavy atom. The van der Waals surface area contributed by atoms with Crippen LogP contribution in [-0.4, -0.2) is 45.8 Å². The quantitative estimate of drug-likeness (QED) is 0.649. The molecule has 3 aromatic rings. The molecule has 1 fully saturated rings. The largest absolute Gasteiger partial charge is 0.353 e. The normalized spacial score (nSPS) is 18.0. The first-order valence-electron chi connectivity index (χ1n) is 11.0. The number of likely N-dealkylation sites (tertiary alicyclic amines) is 1. The van der Waals surface area contributed by atoms with Crippen LogP contribution in [0.25, 0.3) is 11.1 Å². The molecule has 0 unspecified atom stereocenters. The zero-order valence-corrected chi connectivity index (χ0v) is 18.5. The van der Waals surface area contributed by atoms with Crippen LogP contribution in [0.2, 0.25) is 0 Å². The summed E-state index contributed by atoms with van der Waals surface area (Å²) in [5.74, 6) is -0.192. The average molecular weight is 429 g/mol. The van der Waals surface area contributed by atoms with Crippen LogP contribution >= 0.6 is 0 Å². The maximum absolute atomic E-state index is 13.4. The van der Waals surface area contributed by atoms with Crippen molar-refractivity contribution in [1.82, 2.24) is 20.2 Å². The molecule has 1 N–H and O–H groups in total. The Morgan fingerprint density at radius 3 is 2.56 bits per heavy atom. The summed E-state index contributed by atoms with van der Waals surface area (Å²) >= 11 is 0. The maximum atomic E-state index is 13.4. The molecule has 1 aliphatic rings. The lowest BCUT2D eigenvalue weighted by Crippen LogP contribution is -2.47. The number of hydrogen-bond donors (Lipinski definition) is 1. The van der Waals surface area contributed by atoms with Gasteiger partial charge in [-0.3, -0.25) is 14.6 Å². The lowest BCUT2D eigenvalue weighted by Gasteiger charge is -2.29. The third-order valence-corrected chi connectivity index (χ3v) is 5.90. The van der Waals surface area contributed by atoms with Crippen LogP contribution in [-0.2, 0) is 11.2 Å². The van der Waals surface area contributed by atoms with Gasteiger partial charge in [0.25, 0.3) is 5.91 Å². The summed E-state index contributed by atoms with van der Waals surface area (Å²) in [6.45, 7) is 4.79. The number of carbonyl (C=O) groups is 2. The molecule has 0 aliphatic carbocycles. The molecule has 32 heavy (non-hydrogen) atoms. The minimum atomic E-state index is -0.683. The lowest BCUT2D eigenvalue weighted by molar-refractivity contribution is -0.130. The van der Waals surface area contributed by atoms with Gasteiger partial charge in [-0.1, -0.05) is 54.6 Å². The van der Waals surface area contributed by atoms with E-state index in [2.05, 4.69) is 45.6 Å². The van der Waals surface area contributed by atoms with Crippen molar-refractivity contribution in [3.63, 3.8) is 0 Å². The Balaban J connectivity index is 1.61. The van der Waals surface area contributed by atoms with Gasteiger partial charge in [0.1, 0.15) is 5.69 Å². The number of nitrogens with one attached hydrogen (secondary N) is 1. The fourth-order valence-corrected chi connectivity index (χ4v) is 4.32. The Morgan fingerprint density at radius 2 is 1.84 bits per heavy atom. The third-order valence-electron chi connectivity index (χ3n) is 5.90. The minimum absolute atomic E-state index is 0.00735.